The van der Waals surface area contributed by atoms with Crippen LogP contribution in [0.1, 0.15) is 32.6 Å². The predicted octanol–water partition coefficient (Wildman–Crippen LogP) is 2.04. The van der Waals surface area contributed by atoms with Gasteiger partial charge in [0.25, 0.3) is 5.79 Å². The molecule has 0 N–H and O–H groups in total. The molecule has 1 saturated heterocycles. The maximum Gasteiger partial charge on any atom is 0.333 e. The molecule has 1 heterocycles. The summed E-state index contributed by atoms with van der Waals surface area (Å²) in [6, 6.07) is 0. The van der Waals surface area contributed by atoms with Gasteiger partial charge in [-0.15, -0.1) is 0 Å². The smallest absolute Gasteiger partial charge is 0.333 e. The van der Waals surface area contributed by atoms with Gasteiger partial charge in [0.1, 0.15) is 0 Å². The zero-order valence-electron chi connectivity index (χ0n) is 10.6. The molecule has 3 fully saturated rings. The first-order chi connectivity index (χ1) is 8.61. The van der Waals surface area contributed by atoms with E-state index in [1.807, 2.05) is 0 Å². The number of esters is 2. The van der Waals surface area contributed by atoms with Crippen molar-refractivity contribution in [1.29, 1.82) is 0 Å². The summed E-state index contributed by atoms with van der Waals surface area (Å²) >= 11 is 0. The zero-order valence-corrected chi connectivity index (χ0v) is 10.6. The van der Waals surface area contributed by atoms with Gasteiger partial charge < -0.3 is 9.47 Å². The second kappa shape index (κ2) is 3.84. The average Bonchev–Trinajstić information content (AvgIpc) is 2.88. The highest BCUT2D eigenvalue weighted by molar-refractivity contribution is 5.83. The molecule has 1 aliphatic heterocycles. The van der Waals surface area contributed by atoms with Crippen molar-refractivity contribution in [2.45, 2.75) is 38.4 Å². The van der Waals surface area contributed by atoms with Gasteiger partial charge in [0.2, 0.25) is 0 Å². The number of ether oxygens (including phenoxy) is 2. The summed E-state index contributed by atoms with van der Waals surface area (Å²) in [5.41, 5.74) is 0. The fraction of sp³-hybridized carbons (Fsp3) is 0.714. The van der Waals surface area contributed by atoms with Crippen molar-refractivity contribution in [3.05, 3.63) is 12.7 Å². The van der Waals surface area contributed by atoms with E-state index in [2.05, 4.69) is 13.5 Å². The topological polar surface area (TPSA) is 52.6 Å². The summed E-state index contributed by atoms with van der Waals surface area (Å²) in [7, 11) is 0. The third-order valence-electron chi connectivity index (χ3n) is 4.78. The van der Waals surface area contributed by atoms with Crippen LogP contribution in [0.3, 0.4) is 0 Å². The minimum Gasteiger partial charge on any atom is -0.422 e. The van der Waals surface area contributed by atoms with E-state index in [-0.39, 0.29) is 17.8 Å². The zero-order chi connectivity index (χ0) is 12.9. The highest BCUT2D eigenvalue weighted by atomic mass is 16.7. The van der Waals surface area contributed by atoms with Gasteiger partial charge in [0.05, 0.1) is 11.8 Å². The first kappa shape index (κ1) is 11.8. The molecule has 5 atom stereocenters. The summed E-state index contributed by atoms with van der Waals surface area (Å²) in [5.74, 6) is -0.744. The second-order valence-electron chi connectivity index (χ2n) is 5.64. The third kappa shape index (κ3) is 1.38. The predicted molar refractivity (Wildman–Crippen MR) is 63.2 cm³/mol. The standard InChI is InChI=1S/C14H18O4/c1-3-5-9-8-6-10-12(9)13(16)18-14(10,7-8)17-11(15)4-2/h4,8-10,12H,2-3,5-7H2,1H3. The average molecular weight is 250 g/mol. The van der Waals surface area contributed by atoms with Crippen LogP contribution in [-0.2, 0) is 19.1 Å². The first-order valence-corrected chi connectivity index (χ1v) is 6.69. The quantitative estimate of drug-likeness (QED) is 0.566. The number of carbonyl (C=O) groups excluding carboxylic acids is 2. The summed E-state index contributed by atoms with van der Waals surface area (Å²) in [6.07, 6.45) is 4.89. The molecule has 3 rings (SSSR count). The lowest BCUT2D eigenvalue weighted by atomic mass is 9.76. The van der Waals surface area contributed by atoms with Crippen molar-refractivity contribution in [3.8, 4) is 0 Å². The van der Waals surface area contributed by atoms with Crippen LogP contribution >= 0.6 is 0 Å². The SMILES string of the molecule is C=CC(=O)OC12CC3CC1C(C(=O)O2)C3CCC. The Labute approximate surface area is 106 Å². The lowest BCUT2D eigenvalue weighted by Crippen LogP contribution is -2.40. The Morgan fingerprint density at radius 1 is 1.67 bits per heavy atom. The molecule has 0 amide bonds. The van der Waals surface area contributed by atoms with Crippen molar-refractivity contribution >= 4 is 11.9 Å². The van der Waals surface area contributed by atoms with Gasteiger partial charge in [0.15, 0.2) is 0 Å². The molecule has 4 heteroatoms. The number of rotatable bonds is 4. The molecule has 0 radical (unpaired) electrons. The van der Waals surface area contributed by atoms with Gasteiger partial charge in [-0.2, -0.15) is 0 Å². The highest BCUT2D eigenvalue weighted by Gasteiger charge is 2.71. The van der Waals surface area contributed by atoms with Gasteiger partial charge in [-0.1, -0.05) is 19.9 Å². The van der Waals surface area contributed by atoms with Crippen LogP contribution in [0.5, 0.6) is 0 Å². The normalized spacial score (nSPS) is 43.9. The van der Waals surface area contributed by atoms with Crippen LogP contribution in [0.4, 0.5) is 0 Å². The summed E-state index contributed by atoms with van der Waals surface area (Å²) < 4.78 is 10.8. The fourth-order valence-corrected chi connectivity index (χ4v) is 4.24. The Morgan fingerprint density at radius 3 is 3.11 bits per heavy atom. The Kier molecular flexibility index (Phi) is 2.50. The van der Waals surface area contributed by atoms with E-state index in [0.29, 0.717) is 18.3 Å². The Balaban J connectivity index is 1.86. The minimum atomic E-state index is -0.970. The molecule has 0 aromatic rings. The molecular weight excluding hydrogens is 232 g/mol. The molecule has 4 nitrogen and oxygen atoms in total. The monoisotopic (exact) mass is 250 g/mol. The Hall–Kier alpha value is -1.32. The lowest BCUT2D eigenvalue weighted by Gasteiger charge is -2.32. The molecule has 0 aromatic carbocycles. The summed E-state index contributed by atoms with van der Waals surface area (Å²) in [6.45, 7) is 5.53. The van der Waals surface area contributed by atoms with Crippen molar-refractivity contribution < 1.29 is 19.1 Å². The van der Waals surface area contributed by atoms with Gasteiger partial charge in [-0.25, -0.2) is 4.79 Å². The van der Waals surface area contributed by atoms with Gasteiger partial charge in [-0.05, 0) is 24.7 Å². The van der Waals surface area contributed by atoms with Gasteiger partial charge in [0, 0.05) is 12.5 Å². The minimum absolute atomic E-state index is 0.0543. The van der Waals surface area contributed by atoms with E-state index in [9.17, 15) is 9.59 Å². The molecule has 2 bridgehead atoms. The van der Waals surface area contributed by atoms with Crippen LogP contribution in [0.25, 0.3) is 0 Å². The van der Waals surface area contributed by atoms with Crippen molar-refractivity contribution in [3.63, 3.8) is 0 Å². The van der Waals surface area contributed by atoms with Crippen molar-refractivity contribution in [2.24, 2.45) is 23.7 Å². The number of fused-ring (bicyclic) bond motifs is 1. The summed E-state index contributed by atoms with van der Waals surface area (Å²) in [5, 5.41) is 0. The molecule has 2 aliphatic carbocycles. The number of carbonyl (C=O) groups is 2. The van der Waals surface area contributed by atoms with E-state index in [4.69, 9.17) is 9.47 Å². The Morgan fingerprint density at radius 2 is 2.44 bits per heavy atom. The van der Waals surface area contributed by atoms with Crippen LogP contribution < -0.4 is 0 Å². The largest absolute Gasteiger partial charge is 0.422 e. The molecule has 2 saturated carbocycles. The first-order valence-electron chi connectivity index (χ1n) is 6.69. The van der Waals surface area contributed by atoms with E-state index >= 15 is 0 Å². The van der Waals surface area contributed by atoms with Crippen molar-refractivity contribution in [1.82, 2.24) is 0 Å². The van der Waals surface area contributed by atoms with Crippen LogP contribution in [0.2, 0.25) is 0 Å². The summed E-state index contributed by atoms with van der Waals surface area (Å²) in [4.78, 5) is 23.4. The third-order valence-corrected chi connectivity index (χ3v) is 4.78. The van der Waals surface area contributed by atoms with Crippen molar-refractivity contribution in [2.75, 3.05) is 0 Å². The molecular formula is C14H18O4. The molecule has 98 valence electrons. The lowest BCUT2D eigenvalue weighted by molar-refractivity contribution is -0.219. The molecule has 0 aromatic heterocycles. The molecule has 0 spiro atoms. The van der Waals surface area contributed by atoms with Gasteiger partial charge >= 0.3 is 11.9 Å². The molecule has 18 heavy (non-hydrogen) atoms. The van der Waals surface area contributed by atoms with Crippen LogP contribution in [0, 0.1) is 23.7 Å². The number of hydrogen-bond acceptors (Lipinski definition) is 4. The number of hydrogen-bond donors (Lipinski definition) is 0. The van der Waals surface area contributed by atoms with Gasteiger partial charge in [-0.3, -0.25) is 4.79 Å². The maximum atomic E-state index is 12.0. The van der Waals surface area contributed by atoms with Crippen LogP contribution in [0.15, 0.2) is 12.7 Å². The van der Waals surface area contributed by atoms with Crippen LogP contribution in [-0.4, -0.2) is 17.7 Å². The van der Waals surface area contributed by atoms with E-state index in [0.717, 1.165) is 25.3 Å². The Bertz CT molecular complexity index is 416. The fourth-order valence-electron chi connectivity index (χ4n) is 4.24. The highest BCUT2D eigenvalue weighted by Crippen LogP contribution is 2.64. The molecule has 5 unspecified atom stereocenters. The maximum absolute atomic E-state index is 12.0. The van der Waals surface area contributed by atoms with E-state index < -0.39 is 11.8 Å². The van der Waals surface area contributed by atoms with E-state index in [1.54, 1.807) is 0 Å². The molecule has 3 aliphatic rings. The van der Waals surface area contributed by atoms with E-state index in [1.165, 1.54) is 0 Å². The second-order valence-corrected chi connectivity index (χ2v) is 5.64.